The van der Waals surface area contributed by atoms with Crippen LogP contribution in [0.15, 0.2) is 30.9 Å². The molecule has 0 aromatic heterocycles. The van der Waals surface area contributed by atoms with E-state index in [1.165, 1.54) is 0 Å². The molecular formula is C13H19NO2. The Morgan fingerprint density at radius 2 is 2.19 bits per heavy atom. The Morgan fingerprint density at radius 3 is 2.88 bits per heavy atom. The fourth-order valence-corrected chi connectivity index (χ4v) is 1.44. The van der Waals surface area contributed by atoms with Gasteiger partial charge in [0.1, 0.15) is 5.75 Å². The van der Waals surface area contributed by atoms with Crippen LogP contribution < -0.4 is 10.5 Å². The first-order valence-corrected chi connectivity index (χ1v) is 5.39. The summed E-state index contributed by atoms with van der Waals surface area (Å²) in [7, 11) is 1.69. The highest BCUT2D eigenvalue weighted by molar-refractivity contribution is 5.48. The lowest BCUT2D eigenvalue weighted by atomic mass is 10.1. The van der Waals surface area contributed by atoms with Gasteiger partial charge in [0.15, 0.2) is 0 Å². The Balaban J connectivity index is 2.59. The highest BCUT2D eigenvalue weighted by Crippen LogP contribution is 2.22. The van der Waals surface area contributed by atoms with Crippen molar-refractivity contribution in [3.8, 4) is 5.75 Å². The number of nitrogen functional groups attached to an aromatic ring is 1. The summed E-state index contributed by atoms with van der Waals surface area (Å²) in [6.07, 6.45) is 3.50. The van der Waals surface area contributed by atoms with Gasteiger partial charge >= 0.3 is 0 Å². The molecule has 3 heteroatoms. The summed E-state index contributed by atoms with van der Waals surface area (Å²) in [5.41, 5.74) is 7.55. The zero-order chi connectivity index (χ0) is 11.8. The molecule has 88 valence electrons. The Labute approximate surface area is 96.9 Å². The summed E-state index contributed by atoms with van der Waals surface area (Å²) < 4.78 is 10.6. The third-order valence-electron chi connectivity index (χ3n) is 2.20. The minimum absolute atomic E-state index is 0.655. The monoisotopic (exact) mass is 221 g/mol. The van der Waals surface area contributed by atoms with Crippen molar-refractivity contribution in [1.29, 1.82) is 0 Å². The lowest BCUT2D eigenvalue weighted by molar-refractivity contribution is 0.172. The van der Waals surface area contributed by atoms with Crippen molar-refractivity contribution in [3.63, 3.8) is 0 Å². The smallest absolute Gasteiger partial charge is 0.122 e. The molecule has 1 rings (SSSR count). The minimum Gasteiger partial charge on any atom is -0.493 e. The molecule has 1 aromatic rings. The molecule has 1 aromatic carbocycles. The van der Waals surface area contributed by atoms with Gasteiger partial charge in [-0.2, -0.15) is 0 Å². The topological polar surface area (TPSA) is 44.5 Å². The van der Waals surface area contributed by atoms with Crippen molar-refractivity contribution >= 4 is 5.69 Å². The SMILES string of the molecule is C=CCc1cc(N)ccc1OCCCOC. The quantitative estimate of drug-likeness (QED) is 0.437. The molecule has 0 amide bonds. The number of anilines is 1. The van der Waals surface area contributed by atoms with Gasteiger partial charge in [-0.3, -0.25) is 0 Å². The van der Waals surface area contributed by atoms with E-state index in [0.717, 1.165) is 29.8 Å². The largest absolute Gasteiger partial charge is 0.493 e. The predicted octanol–water partition coefficient (Wildman–Crippen LogP) is 2.41. The van der Waals surface area contributed by atoms with Crippen molar-refractivity contribution in [3.05, 3.63) is 36.4 Å². The molecule has 0 aliphatic carbocycles. The summed E-state index contributed by atoms with van der Waals surface area (Å²) in [6.45, 7) is 5.09. The molecule has 0 fully saturated rings. The van der Waals surface area contributed by atoms with E-state index in [1.54, 1.807) is 7.11 Å². The van der Waals surface area contributed by atoms with Gasteiger partial charge in [-0.1, -0.05) is 6.08 Å². The van der Waals surface area contributed by atoms with Crippen LogP contribution in [0.3, 0.4) is 0 Å². The normalized spacial score (nSPS) is 10.1. The molecule has 16 heavy (non-hydrogen) atoms. The number of methoxy groups -OCH3 is 1. The van der Waals surface area contributed by atoms with Gasteiger partial charge in [0.05, 0.1) is 6.61 Å². The van der Waals surface area contributed by atoms with Gasteiger partial charge in [0, 0.05) is 25.8 Å². The summed E-state index contributed by atoms with van der Waals surface area (Å²) >= 11 is 0. The van der Waals surface area contributed by atoms with Crippen LogP contribution in [0.5, 0.6) is 5.75 Å². The third kappa shape index (κ3) is 3.95. The lowest BCUT2D eigenvalue weighted by Gasteiger charge is -2.11. The van der Waals surface area contributed by atoms with E-state index in [9.17, 15) is 0 Å². The molecule has 0 radical (unpaired) electrons. The summed E-state index contributed by atoms with van der Waals surface area (Å²) in [5.74, 6) is 0.880. The molecule has 2 N–H and O–H groups in total. The average molecular weight is 221 g/mol. The number of rotatable bonds is 7. The van der Waals surface area contributed by atoms with E-state index >= 15 is 0 Å². The predicted molar refractivity (Wildman–Crippen MR) is 66.7 cm³/mol. The summed E-state index contributed by atoms with van der Waals surface area (Å²) in [5, 5.41) is 0. The molecule has 0 aliphatic heterocycles. The fraction of sp³-hybridized carbons (Fsp3) is 0.385. The van der Waals surface area contributed by atoms with E-state index in [4.69, 9.17) is 15.2 Å². The van der Waals surface area contributed by atoms with Gasteiger partial charge in [-0.25, -0.2) is 0 Å². The van der Waals surface area contributed by atoms with E-state index in [1.807, 2.05) is 24.3 Å². The number of hydrogen-bond donors (Lipinski definition) is 1. The number of benzene rings is 1. The van der Waals surface area contributed by atoms with E-state index in [2.05, 4.69) is 6.58 Å². The van der Waals surface area contributed by atoms with Gasteiger partial charge in [-0.05, 0) is 30.2 Å². The Kier molecular flexibility index (Phi) is 5.43. The van der Waals surface area contributed by atoms with Crippen LogP contribution in [0.2, 0.25) is 0 Å². The molecule has 0 bridgehead atoms. The maximum atomic E-state index is 5.72. The standard InChI is InChI=1S/C13H19NO2/c1-3-5-11-10-12(14)6-7-13(11)16-9-4-8-15-2/h3,6-7,10H,1,4-5,8-9,14H2,2H3. The second kappa shape index (κ2) is 6.90. The highest BCUT2D eigenvalue weighted by atomic mass is 16.5. The molecule has 0 spiro atoms. The number of nitrogens with two attached hydrogens (primary N) is 1. The molecule has 0 aliphatic rings. The highest BCUT2D eigenvalue weighted by Gasteiger charge is 2.02. The fourth-order valence-electron chi connectivity index (χ4n) is 1.44. The Hall–Kier alpha value is -1.48. The van der Waals surface area contributed by atoms with Crippen LogP contribution in [0.4, 0.5) is 5.69 Å². The van der Waals surface area contributed by atoms with Crippen LogP contribution in [-0.4, -0.2) is 20.3 Å². The molecule has 0 heterocycles. The molecule has 3 nitrogen and oxygen atoms in total. The van der Waals surface area contributed by atoms with Gasteiger partial charge in [0.25, 0.3) is 0 Å². The molecular weight excluding hydrogens is 202 g/mol. The van der Waals surface area contributed by atoms with Crippen molar-refractivity contribution in [2.24, 2.45) is 0 Å². The van der Waals surface area contributed by atoms with Crippen molar-refractivity contribution < 1.29 is 9.47 Å². The van der Waals surface area contributed by atoms with Crippen molar-refractivity contribution in [1.82, 2.24) is 0 Å². The van der Waals surface area contributed by atoms with Crippen LogP contribution >= 0.6 is 0 Å². The molecule has 0 atom stereocenters. The molecule has 0 saturated carbocycles. The van der Waals surface area contributed by atoms with Crippen molar-refractivity contribution in [2.75, 3.05) is 26.1 Å². The first kappa shape index (κ1) is 12.6. The number of hydrogen-bond acceptors (Lipinski definition) is 3. The molecule has 0 saturated heterocycles. The van der Waals surface area contributed by atoms with Crippen LogP contribution in [0, 0.1) is 0 Å². The van der Waals surface area contributed by atoms with Gasteiger partial charge < -0.3 is 15.2 Å². The van der Waals surface area contributed by atoms with E-state index in [0.29, 0.717) is 13.2 Å². The second-order valence-corrected chi connectivity index (χ2v) is 3.55. The van der Waals surface area contributed by atoms with Gasteiger partial charge in [0.2, 0.25) is 0 Å². The first-order valence-electron chi connectivity index (χ1n) is 5.39. The number of allylic oxidation sites excluding steroid dienone is 1. The lowest BCUT2D eigenvalue weighted by Crippen LogP contribution is -2.03. The minimum atomic E-state index is 0.655. The second-order valence-electron chi connectivity index (χ2n) is 3.55. The maximum absolute atomic E-state index is 5.72. The van der Waals surface area contributed by atoms with E-state index < -0.39 is 0 Å². The Bertz CT molecular complexity index is 337. The van der Waals surface area contributed by atoms with Gasteiger partial charge in [-0.15, -0.1) is 6.58 Å². The van der Waals surface area contributed by atoms with Crippen LogP contribution in [0.25, 0.3) is 0 Å². The zero-order valence-corrected chi connectivity index (χ0v) is 9.74. The van der Waals surface area contributed by atoms with Crippen molar-refractivity contribution in [2.45, 2.75) is 12.8 Å². The third-order valence-corrected chi connectivity index (χ3v) is 2.20. The number of ether oxygens (including phenoxy) is 2. The summed E-state index contributed by atoms with van der Waals surface area (Å²) in [4.78, 5) is 0. The summed E-state index contributed by atoms with van der Waals surface area (Å²) in [6, 6.07) is 5.67. The van der Waals surface area contributed by atoms with Crippen LogP contribution in [-0.2, 0) is 11.2 Å². The Morgan fingerprint density at radius 1 is 1.38 bits per heavy atom. The average Bonchev–Trinajstić information content (AvgIpc) is 2.27. The maximum Gasteiger partial charge on any atom is 0.122 e. The van der Waals surface area contributed by atoms with Crippen LogP contribution in [0.1, 0.15) is 12.0 Å². The first-order chi connectivity index (χ1) is 7.77. The molecule has 0 unspecified atom stereocenters. The van der Waals surface area contributed by atoms with E-state index in [-0.39, 0.29) is 0 Å². The zero-order valence-electron chi connectivity index (χ0n) is 9.74.